The van der Waals surface area contributed by atoms with Gasteiger partial charge >= 0.3 is 0 Å². The summed E-state index contributed by atoms with van der Waals surface area (Å²) in [6.45, 7) is 0.0213. The van der Waals surface area contributed by atoms with Crippen molar-refractivity contribution in [3.05, 3.63) is 70.3 Å². The zero-order valence-electron chi connectivity index (χ0n) is 13.6. The normalized spacial score (nSPS) is 10.3. The van der Waals surface area contributed by atoms with Crippen LogP contribution in [0.4, 0.5) is 11.4 Å². The summed E-state index contributed by atoms with van der Waals surface area (Å²) in [5.41, 5.74) is 1.04. The number of carbonyl (C=O) groups is 2. The molecule has 0 saturated carbocycles. The maximum atomic E-state index is 11.6. The van der Waals surface area contributed by atoms with Gasteiger partial charge < -0.3 is 15.5 Å². The highest BCUT2D eigenvalue weighted by molar-refractivity contribution is 6.31. The predicted molar refractivity (Wildman–Crippen MR) is 94.5 cm³/mol. The minimum absolute atomic E-state index is 0.147. The molecule has 0 spiro atoms. The first-order valence-corrected chi connectivity index (χ1v) is 7.56. The van der Waals surface area contributed by atoms with E-state index in [0.29, 0.717) is 6.54 Å². The summed E-state index contributed by atoms with van der Waals surface area (Å²) in [5, 5.41) is 19.1. The first kappa shape index (κ1) is 18.6. The summed E-state index contributed by atoms with van der Waals surface area (Å²) in [4.78, 5) is 38.1. The van der Waals surface area contributed by atoms with E-state index in [1.165, 1.54) is 24.3 Å². The predicted octanol–water partition coefficient (Wildman–Crippen LogP) is 1.85. The number of nitro benzene ring substituents is 1. The molecule has 2 aromatic carbocycles. The number of hydrogen-bond donors (Lipinski definition) is 2. The van der Waals surface area contributed by atoms with Crippen LogP contribution in [-0.4, -0.2) is 29.6 Å². The summed E-state index contributed by atoms with van der Waals surface area (Å²) in [6, 6.07) is 14.8. The second kappa shape index (κ2) is 9.52. The van der Waals surface area contributed by atoms with Crippen molar-refractivity contribution in [3.63, 3.8) is 0 Å². The fourth-order valence-corrected chi connectivity index (χ4v) is 1.90. The maximum Gasteiger partial charge on any atom is 0.271 e. The number of rotatable bonds is 8. The average molecular weight is 356 g/mol. The van der Waals surface area contributed by atoms with Crippen LogP contribution in [0, 0.1) is 10.1 Å². The average Bonchev–Trinajstić information content (AvgIpc) is 2.64. The zero-order chi connectivity index (χ0) is 18.8. The van der Waals surface area contributed by atoms with Crippen molar-refractivity contribution in [1.29, 1.82) is 0 Å². The third-order valence-electron chi connectivity index (χ3n) is 3.10. The van der Waals surface area contributed by atoms with Gasteiger partial charge in [0.15, 0.2) is 6.61 Å². The summed E-state index contributed by atoms with van der Waals surface area (Å²) < 4.78 is 0. The van der Waals surface area contributed by atoms with E-state index in [9.17, 15) is 19.7 Å². The molecule has 0 fully saturated rings. The highest BCUT2D eigenvalue weighted by Gasteiger charge is 2.07. The Balaban J connectivity index is 1.70. The molecule has 2 aromatic rings. The van der Waals surface area contributed by atoms with Gasteiger partial charge in [0, 0.05) is 24.4 Å². The molecule has 2 amide bonds. The minimum atomic E-state index is -0.643. The largest absolute Gasteiger partial charge is 0.386 e. The number of benzene rings is 2. The molecule has 9 heteroatoms. The Kier molecular flexibility index (Phi) is 6.81. The van der Waals surface area contributed by atoms with E-state index in [0.717, 1.165) is 11.8 Å². The molecule has 0 aromatic heterocycles. The Hall–Kier alpha value is -3.75. The molecule has 0 aliphatic rings. The SMILES string of the molecule is O=C(/C=N\OCC(=O)NCc1ccccc1)Nc1cccc([N+](=O)[O-])c1. The van der Waals surface area contributed by atoms with Crippen LogP contribution in [0.1, 0.15) is 5.56 Å². The lowest BCUT2D eigenvalue weighted by Gasteiger charge is -2.04. The number of amides is 2. The second-order valence-corrected chi connectivity index (χ2v) is 5.07. The fraction of sp³-hybridized carbons (Fsp3) is 0.118. The van der Waals surface area contributed by atoms with Gasteiger partial charge in [-0.15, -0.1) is 0 Å². The van der Waals surface area contributed by atoms with Crippen LogP contribution in [0.3, 0.4) is 0 Å². The number of oxime groups is 1. The molecule has 0 saturated heterocycles. The fourth-order valence-electron chi connectivity index (χ4n) is 1.90. The van der Waals surface area contributed by atoms with Crippen LogP contribution < -0.4 is 10.6 Å². The van der Waals surface area contributed by atoms with Crippen molar-refractivity contribution in [1.82, 2.24) is 5.32 Å². The molecule has 0 aliphatic carbocycles. The molecule has 9 nitrogen and oxygen atoms in total. The topological polar surface area (TPSA) is 123 Å². The molecule has 2 N–H and O–H groups in total. The van der Waals surface area contributed by atoms with Crippen molar-refractivity contribution in [2.24, 2.45) is 5.16 Å². The molecule has 26 heavy (non-hydrogen) atoms. The highest BCUT2D eigenvalue weighted by Crippen LogP contribution is 2.16. The second-order valence-electron chi connectivity index (χ2n) is 5.07. The molecule has 2 rings (SSSR count). The number of carbonyl (C=O) groups excluding carboxylic acids is 2. The number of nitrogens with zero attached hydrogens (tertiary/aromatic N) is 2. The summed E-state index contributed by atoms with van der Waals surface area (Å²) in [7, 11) is 0. The van der Waals surface area contributed by atoms with E-state index in [1.54, 1.807) is 0 Å². The van der Waals surface area contributed by atoms with Gasteiger partial charge in [-0.25, -0.2) is 0 Å². The lowest BCUT2D eigenvalue weighted by atomic mass is 10.2. The van der Waals surface area contributed by atoms with Gasteiger partial charge in [-0.3, -0.25) is 19.7 Å². The van der Waals surface area contributed by atoms with E-state index in [1.807, 2.05) is 30.3 Å². The first-order valence-electron chi connectivity index (χ1n) is 7.56. The Labute approximate surface area is 148 Å². The van der Waals surface area contributed by atoms with Crippen molar-refractivity contribution in [3.8, 4) is 0 Å². The zero-order valence-corrected chi connectivity index (χ0v) is 13.6. The van der Waals surface area contributed by atoms with Gasteiger partial charge in [0.05, 0.1) is 4.92 Å². The van der Waals surface area contributed by atoms with Crippen molar-refractivity contribution in [2.45, 2.75) is 6.54 Å². The molecule has 0 bridgehead atoms. The first-order chi connectivity index (χ1) is 12.5. The van der Waals surface area contributed by atoms with Crippen LogP contribution in [0.5, 0.6) is 0 Å². The van der Waals surface area contributed by atoms with Gasteiger partial charge in [-0.1, -0.05) is 41.6 Å². The summed E-state index contributed by atoms with van der Waals surface area (Å²) >= 11 is 0. The van der Waals surface area contributed by atoms with Crippen LogP contribution >= 0.6 is 0 Å². The van der Waals surface area contributed by atoms with Gasteiger partial charge in [0.2, 0.25) is 0 Å². The van der Waals surface area contributed by atoms with Crippen LogP contribution in [-0.2, 0) is 21.0 Å². The van der Waals surface area contributed by atoms with Crippen LogP contribution in [0.15, 0.2) is 59.8 Å². The number of nitro groups is 1. The van der Waals surface area contributed by atoms with E-state index in [2.05, 4.69) is 15.8 Å². The van der Waals surface area contributed by atoms with E-state index >= 15 is 0 Å². The Bertz CT molecular complexity index is 808. The Morgan fingerprint density at radius 2 is 1.92 bits per heavy atom. The third kappa shape index (κ3) is 6.40. The maximum absolute atomic E-state index is 11.6. The molecule has 0 unspecified atom stereocenters. The van der Waals surface area contributed by atoms with Crippen molar-refractivity contribution in [2.75, 3.05) is 11.9 Å². The lowest BCUT2D eigenvalue weighted by molar-refractivity contribution is -0.384. The molecule has 0 atom stereocenters. The molecule has 134 valence electrons. The monoisotopic (exact) mass is 356 g/mol. The minimum Gasteiger partial charge on any atom is -0.386 e. The van der Waals surface area contributed by atoms with Gasteiger partial charge in [-0.05, 0) is 11.6 Å². The van der Waals surface area contributed by atoms with Gasteiger partial charge in [0.25, 0.3) is 17.5 Å². The van der Waals surface area contributed by atoms with Gasteiger partial charge in [0.1, 0.15) is 6.21 Å². The van der Waals surface area contributed by atoms with E-state index in [4.69, 9.17) is 4.84 Å². The lowest BCUT2D eigenvalue weighted by Crippen LogP contribution is -2.26. The van der Waals surface area contributed by atoms with Crippen LogP contribution in [0.2, 0.25) is 0 Å². The highest BCUT2D eigenvalue weighted by atomic mass is 16.6. The third-order valence-corrected chi connectivity index (χ3v) is 3.10. The Morgan fingerprint density at radius 1 is 1.15 bits per heavy atom. The smallest absolute Gasteiger partial charge is 0.271 e. The number of hydrogen-bond acceptors (Lipinski definition) is 6. The molecular weight excluding hydrogens is 340 g/mol. The van der Waals surface area contributed by atoms with E-state index < -0.39 is 10.8 Å². The molecule has 0 heterocycles. The number of nitrogens with one attached hydrogen (secondary N) is 2. The quantitative estimate of drug-likeness (QED) is 0.424. The molecule has 0 aliphatic heterocycles. The van der Waals surface area contributed by atoms with Gasteiger partial charge in [-0.2, -0.15) is 0 Å². The Morgan fingerprint density at radius 3 is 2.65 bits per heavy atom. The standard InChI is InChI=1S/C17H16N4O5/c22-16(20-14-7-4-8-15(9-14)21(24)25)11-19-26-12-17(23)18-10-13-5-2-1-3-6-13/h1-9,11H,10,12H2,(H,18,23)(H,20,22)/b19-11-. The van der Waals surface area contributed by atoms with Crippen molar-refractivity contribution >= 4 is 29.4 Å². The number of non-ortho nitro benzene ring substituents is 1. The number of anilines is 1. The summed E-state index contributed by atoms with van der Waals surface area (Å²) in [6.07, 6.45) is 0.837. The summed E-state index contributed by atoms with van der Waals surface area (Å²) in [5.74, 6) is -1.03. The molecular formula is C17H16N4O5. The van der Waals surface area contributed by atoms with E-state index in [-0.39, 0.29) is 23.9 Å². The molecule has 0 radical (unpaired) electrons. The van der Waals surface area contributed by atoms with Crippen molar-refractivity contribution < 1.29 is 19.3 Å². The van der Waals surface area contributed by atoms with Crippen LogP contribution in [0.25, 0.3) is 0 Å².